The monoisotopic (exact) mass is 315 g/mol. The lowest BCUT2D eigenvalue weighted by atomic mass is 10.1. The molecule has 6 nitrogen and oxygen atoms in total. The van der Waals surface area contributed by atoms with Gasteiger partial charge < -0.3 is 15.1 Å². The number of rotatable bonds is 2. The van der Waals surface area contributed by atoms with Crippen molar-refractivity contribution in [2.75, 3.05) is 42.3 Å². The molecule has 0 atom stereocenters. The molecule has 23 heavy (non-hydrogen) atoms. The number of hydrogen-bond donors (Lipinski definition) is 1. The van der Waals surface area contributed by atoms with Crippen molar-refractivity contribution in [3.05, 3.63) is 41.5 Å². The highest BCUT2D eigenvalue weighted by molar-refractivity contribution is 6.07. The van der Waals surface area contributed by atoms with E-state index in [0.717, 1.165) is 5.69 Å². The summed E-state index contributed by atoms with van der Waals surface area (Å²) in [5, 5.41) is 2.84. The van der Waals surface area contributed by atoms with E-state index in [1.165, 1.54) is 12.1 Å². The number of nitrogens with zero attached hydrogens (tertiary/aromatic N) is 4. The van der Waals surface area contributed by atoms with Crippen LogP contribution >= 0.6 is 0 Å². The van der Waals surface area contributed by atoms with Gasteiger partial charge >= 0.3 is 0 Å². The predicted octanol–water partition coefficient (Wildman–Crippen LogP) is 2.06. The van der Waals surface area contributed by atoms with Gasteiger partial charge in [0, 0.05) is 32.9 Å². The zero-order chi connectivity index (χ0) is 16.6. The number of anilines is 3. The van der Waals surface area contributed by atoms with Gasteiger partial charge in [-0.3, -0.25) is 4.79 Å². The van der Waals surface area contributed by atoms with E-state index in [0.29, 0.717) is 36.1 Å². The third kappa shape index (κ3) is 2.81. The number of aryl methyl sites for hydroxylation is 1. The van der Waals surface area contributed by atoms with Gasteiger partial charge in [-0.15, -0.1) is 0 Å². The maximum absolute atomic E-state index is 13.7. The summed E-state index contributed by atoms with van der Waals surface area (Å²) in [5.74, 6) is -0.236. The van der Waals surface area contributed by atoms with Crippen molar-refractivity contribution in [2.24, 2.45) is 0 Å². The lowest BCUT2D eigenvalue weighted by Crippen LogP contribution is -2.43. The number of amides is 1. The van der Waals surface area contributed by atoms with E-state index in [9.17, 15) is 9.18 Å². The number of nitrogens with one attached hydrogen (secondary N) is 1. The molecule has 1 amide bonds. The summed E-state index contributed by atoms with van der Waals surface area (Å²) in [5.41, 5.74) is 2.37. The van der Waals surface area contributed by atoms with Crippen molar-refractivity contribution in [1.29, 1.82) is 0 Å². The maximum atomic E-state index is 13.7. The molecule has 0 saturated carbocycles. The van der Waals surface area contributed by atoms with Crippen LogP contribution in [0, 0.1) is 12.7 Å². The third-order valence-electron chi connectivity index (χ3n) is 3.84. The van der Waals surface area contributed by atoms with Crippen LogP contribution in [0.1, 0.15) is 16.2 Å². The molecule has 3 rings (SSSR count). The predicted molar refractivity (Wildman–Crippen MR) is 87.7 cm³/mol. The first-order chi connectivity index (χ1) is 11.0. The number of likely N-dealkylation sites (N-methyl/N-ethyl adjacent to an activating group) is 1. The summed E-state index contributed by atoms with van der Waals surface area (Å²) in [6.45, 7) is 2.95. The second kappa shape index (κ2) is 5.83. The Morgan fingerprint density at radius 3 is 2.74 bits per heavy atom. The summed E-state index contributed by atoms with van der Waals surface area (Å²) in [6.07, 6.45) is 0. The van der Waals surface area contributed by atoms with Gasteiger partial charge in [-0.05, 0) is 31.2 Å². The maximum Gasteiger partial charge on any atom is 0.277 e. The zero-order valence-electron chi connectivity index (χ0n) is 13.3. The summed E-state index contributed by atoms with van der Waals surface area (Å²) in [6, 6.07) is 6.11. The van der Waals surface area contributed by atoms with E-state index >= 15 is 0 Å². The molecule has 1 N–H and O–H groups in total. The van der Waals surface area contributed by atoms with E-state index < -0.39 is 0 Å². The van der Waals surface area contributed by atoms with Crippen LogP contribution in [0.15, 0.2) is 24.3 Å². The van der Waals surface area contributed by atoms with Crippen molar-refractivity contribution in [1.82, 2.24) is 9.97 Å². The van der Waals surface area contributed by atoms with Crippen molar-refractivity contribution < 1.29 is 9.18 Å². The minimum absolute atomic E-state index is 0.257. The normalized spacial score (nSPS) is 13.7. The van der Waals surface area contributed by atoms with Crippen molar-refractivity contribution in [3.8, 4) is 0 Å². The number of carbonyl (C=O) groups is 1. The lowest BCUT2D eigenvalue weighted by Gasteiger charge is -2.35. The smallest absolute Gasteiger partial charge is 0.277 e. The minimum Gasteiger partial charge on any atom is -0.371 e. The number of benzene rings is 1. The summed E-state index contributed by atoms with van der Waals surface area (Å²) < 4.78 is 13.7. The summed E-state index contributed by atoms with van der Waals surface area (Å²) in [7, 11) is 3.62. The van der Waals surface area contributed by atoms with Crippen LogP contribution in [0.3, 0.4) is 0 Å². The van der Waals surface area contributed by atoms with Gasteiger partial charge in [-0.1, -0.05) is 0 Å². The molecule has 120 valence electrons. The van der Waals surface area contributed by atoms with Crippen LogP contribution in [0.5, 0.6) is 0 Å². The Morgan fingerprint density at radius 2 is 2.00 bits per heavy atom. The fourth-order valence-corrected chi connectivity index (χ4v) is 2.67. The minimum atomic E-state index is -0.369. The summed E-state index contributed by atoms with van der Waals surface area (Å²) >= 11 is 0. The Labute approximate surface area is 134 Å². The quantitative estimate of drug-likeness (QED) is 0.919. The highest BCUT2D eigenvalue weighted by atomic mass is 19.1. The molecule has 0 aliphatic carbocycles. The largest absolute Gasteiger partial charge is 0.371 e. The fraction of sp³-hybridized carbons (Fsp3) is 0.312. The molecule has 1 aliphatic rings. The molecule has 1 aliphatic heterocycles. The van der Waals surface area contributed by atoms with Gasteiger partial charge in [0.25, 0.3) is 5.91 Å². The first-order valence-electron chi connectivity index (χ1n) is 7.35. The van der Waals surface area contributed by atoms with Crippen molar-refractivity contribution >= 4 is 23.2 Å². The Kier molecular flexibility index (Phi) is 3.85. The Morgan fingerprint density at radius 1 is 1.22 bits per heavy atom. The van der Waals surface area contributed by atoms with Crippen molar-refractivity contribution in [3.63, 3.8) is 0 Å². The van der Waals surface area contributed by atoms with Crippen LogP contribution in [-0.4, -0.2) is 43.1 Å². The molecule has 0 saturated heterocycles. The Hall–Kier alpha value is -2.70. The third-order valence-corrected chi connectivity index (χ3v) is 3.84. The lowest BCUT2D eigenvalue weighted by molar-refractivity contribution is 0.0982. The van der Waals surface area contributed by atoms with Crippen LogP contribution in [0.2, 0.25) is 0 Å². The number of hydrogen-bond acceptors (Lipinski definition) is 5. The average molecular weight is 315 g/mol. The number of carbonyl (C=O) groups excluding carboxylic acids is 1. The van der Waals surface area contributed by atoms with Gasteiger partial charge in [-0.2, -0.15) is 0 Å². The Bertz CT molecular complexity index is 764. The molecular formula is C16H18FN5O. The molecule has 0 spiro atoms. The van der Waals surface area contributed by atoms with Gasteiger partial charge in [0.1, 0.15) is 11.5 Å². The SMILES string of the molecule is CNc1nc(C)cc(C(=O)N2CCN(C)c3ccc(F)cc32)n1. The molecule has 0 radical (unpaired) electrons. The molecule has 2 heterocycles. The van der Waals surface area contributed by atoms with Gasteiger partial charge in [0.05, 0.1) is 11.4 Å². The molecule has 1 aromatic carbocycles. The average Bonchev–Trinajstić information content (AvgIpc) is 2.53. The van der Waals surface area contributed by atoms with Crippen LogP contribution in [0.4, 0.5) is 21.7 Å². The Balaban J connectivity index is 2.03. The second-order valence-corrected chi connectivity index (χ2v) is 5.48. The van der Waals surface area contributed by atoms with Gasteiger partial charge in [-0.25, -0.2) is 14.4 Å². The zero-order valence-corrected chi connectivity index (χ0v) is 13.3. The van der Waals surface area contributed by atoms with Crippen LogP contribution < -0.4 is 15.1 Å². The van der Waals surface area contributed by atoms with E-state index in [1.807, 2.05) is 11.9 Å². The highest BCUT2D eigenvalue weighted by Gasteiger charge is 2.27. The highest BCUT2D eigenvalue weighted by Crippen LogP contribution is 2.33. The van der Waals surface area contributed by atoms with Crippen LogP contribution in [-0.2, 0) is 0 Å². The molecule has 0 bridgehead atoms. The number of halogens is 1. The number of aromatic nitrogens is 2. The van der Waals surface area contributed by atoms with E-state index in [-0.39, 0.29) is 11.7 Å². The molecule has 0 fully saturated rings. The standard InChI is InChI=1S/C16H18FN5O/c1-10-8-12(20-16(18-2)19-10)15(23)22-7-6-21(3)13-5-4-11(17)9-14(13)22/h4-5,8-9H,6-7H2,1-3H3,(H,18,19,20). The number of fused-ring (bicyclic) bond motifs is 1. The molecule has 0 unspecified atom stereocenters. The van der Waals surface area contributed by atoms with E-state index in [4.69, 9.17) is 0 Å². The van der Waals surface area contributed by atoms with E-state index in [2.05, 4.69) is 15.3 Å². The van der Waals surface area contributed by atoms with Crippen molar-refractivity contribution in [2.45, 2.75) is 6.92 Å². The van der Waals surface area contributed by atoms with Crippen LogP contribution in [0.25, 0.3) is 0 Å². The van der Waals surface area contributed by atoms with Gasteiger partial charge in [0.2, 0.25) is 5.95 Å². The fourth-order valence-electron chi connectivity index (χ4n) is 2.67. The van der Waals surface area contributed by atoms with Gasteiger partial charge in [0.15, 0.2) is 0 Å². The first kappa shape index (κ1) is 15.2. The molecule has 1 aromatic heterocycles. The molecule has 2 aromatic rings. The summed E-state index contributed by atoms with van der Waals surface area (Å²) in [4.78, 5) is 24.8. The first-order valence-corrected chi connectivity index (χ1v) is 7.35. The topological polar surface area (TPSA) is 61.4 Å². The molecular weight excluding hydrogens is 297 g/mol. The molecule has 7 heteroatoms. The van der Waals surface area contributed by atoms with E-state index in [1.54, 1.807) is 31.0 Å². The second-order valence-electron chi connectivity index (χ2n) is 5.48.